The Balaban J connectivity index is 1.65. The fourth-order valence-corrected chi connectivity index (χ4v) is 4.54. The first-order valence-electron chi connectivity index (χ1n) is 11.3. The Bertz CT molecular complexity index is 1230. The van der Waals surface area contributed by atoms with Gasteiger partial charge >= 0.3 is 0 Å². The molecule has 1 N–H and O–H groups in total. The molecule has 0 aliphatic heterocycles. The molecule has 0 amide bonds. The lowest BCUT2D eigenvalue weighted by Crippen LogP contribution is -2.30. The normalized spacial score (nSPS) is 11.3. The van der Waals surface area contributed by atoms with Crippen molar-refractivity contribution in [2.24, 2.45) is 4.99 Å². The number of halogens is 1. The van der Waals surface area contributed by atoms with Gasteiger partial charge in [-0.2, -0.15) is 0 Å². The second-order valence-electron chi connectivity index (χ2n) is 7.97. The van der Waals surface area contributed by atoms with Gasteiger partial charge in [-0.15, -0.1) is 0 Å². The molecule has 4 rings (SSSR count). The molecule has 35 heavy (non-hydrogen) atoms. The van der Waals surface area contributed by atoms with Crippen LogP contribution in [0.1, 0.15) is 11.1 Å². The van der Waals surface area contributed by atoms with Gasteiger partial charge in [0, 0.05) is 23.0 Å². The standard InChI is InChI=1S/C29H27ClN2O2S/c1-34-27-15-9-22(10-16-27)19-20-32(21-23-7-13-26(33)14-8-23)29(31-25-5-3-2-4-6-25)35-28-17-11-24(30)12-18-28/h2-18,33H,19-21H2,1H3. The van der Waals surface area contributed by atoms with E-state index in [0.29, 0.717) is 11.6 Å². The average molecular weight is 503 g/mol. The number of benzene rings is 4. The van der Waals surface area contributed by atoms with Crippen molar-refractivity contribution in [3.8, 4) is 11.5 Å². The van der Waals surface area contributed by atoms with Crippen LogP contribution in [0.25, 0.3) is 0 Å². The minimum Gasteiger partial charge on any atom is -0.508 e. The van der Waals surface area contributed by atoms with E-state index in [1.54, 1.807) is 31.0 Å². The number of aromatic hydroxyl groups is 1. The van der Waals surface area contributed by atoms with E-state index in [4.69, 9.17) is 21.3 Å². The number of methoxy groups -OCH3 is 1. The fourth-order valence-electron chi connectivity index (χ4n) is 3.50. The number of ether oxygens (including phenoxy) is 1. The predicted molar refractivity (Wildman–Crippen MR) is 146 cm³/mol. The first kappa shape index (κ1) is 24.7. The molecule has 0 saturated heterocycles. The maximum absolute atomic E-state index is 9.74. The van der Waals surface area contributed by atoms with E-state index in [1.165, 1.54) is 5.56 Å². The maximum atomic E-state index is 9.74. The van der Waals surface area contributed by atoms with E-state index in [9.17, 15) is 5.11 Å². The lowest BCUT2D eigenvalue weighted by molar-refractivity contribution is 0.413. The zero-order chi connectivity index (χ0) is 24.5. The molecule has 4 aromatic rings. The van der Waals surface area contributed by atoms with Crippen LogP contribution in [0, 0.1) is 0 Å². The van der Waals surface area contributed by atoms with Crippen molar-refractivity contribution in [3.63, 3.8) is 0 Å². The second kappa shape index (κ2) is 12.3. The number of rotatable bonds is 8. The molecule has 0 unspecified atom stereocenters. The molecule has 0 spiro atoms. The summed E-state index contributed by atoms with van der Waals surface area (Å²) in [6.07, 6.45) is 0.844. The number of hydrogen-bond acceptors (Lipinski definition) is 4. The maximum Gasteiger partial charge on any atom is 0.169 e. The van der Waals surface area contributed by atoms with Crippen LogP contribution < -0.4 is 4.74 Å². The Hall–Kier alpha value is -3.41. The van der Waals surface area contributed by atoms with Gasteiger partial charge in [-0.25, -0.2) is 4.99 Å². The van der Waals surface area contributed by atoms with Crippen LogP contribution in [0.3, 0.4) is 0 Å². The number of nitrogens with zero attached hydrogens (tertiary/aromatic N) is 2. The molecule has 0 aromatic heterocycles. The topological polar surface area (TPSA) is 45.1 Å². The summed E-state index contributed by atoms with van der Waals surface area (Å²) in [5.41, 5.74) is 3.20. The minimum atomic E-state index is 0.257. The Labute approximate surface area is 215 Å². The van der Waals surface area contributed by atoms with Gasteiger partial charge < -0.3 is 14.7 Å². The minimum absolute atomic E-state index is 0.257. The number of phenols is 1. The van der Waals surface area contributed by atoms with Gasteiger partial charge in [0.05, 0.1) is 12.8 Å². The third-order valence-corrected chi connectivity index (χ3v) is 6.71. The number of phenolic OH excluding ortho intramolecular Hbond substituents is 1. The van der Waals surface area contributed by atoms with Crippen molar-refractivity contribution in [1.29, 1.82) is 0 Å². The average Bonchev–Trinajstić information content (AvgIpc) is 2.89. The molecule has 0 atom stereocenters. The monoisotopic (exact) mass is 502 g/mol. The Kier molecular flexibility index (Phi) is 8.71. The lowest BCUT2D eigenvalue weighted by atomic mass is 10.1. The third-order valence-electron chi connectivity index (χ3n) is 5.41. The molecule has 0 fully saturated rings. The molecule has 178 valence electrons. The first-order chi connectivity index (χ1) is 17.1. The third kappa shape index (κ3) is 7.54. The van der Waals surface area contributed by atoms with E-state index in [2.05, 4.69) is 17.0 Å². The van der Waals surface area contributed by atoms with Crippen LogP contribution >= 0.6 is 23.4 Å². The molecular weight excluding hydrogens is 476 g/mol. The number of aliphatic imine (C=N–C) groups is 1. The van der Waals surface area contributed by atoms with Crippen LogP contribution in [0.4, 0.5) is 5.69 Å². The van der Waals surface area contributed by atoms with Crippen molar-refractivity contribution in [3.05, 3.63) is 119 Å². The lowest BCUT2D eigenvalue weighted by Gasteiger charge is -2.26. The number of hydrogen-bond donors (Lipinski definition) is 1. The van der Waals surface area contributed by atoms with Gasteiger partial charge in [-0.05, 0) is 78.2 Å². The smallest absolute Gasteiger partial charge is 0.169 e. The van der Waals surface area contributed by atoms with E-state index in [-0.39, 0.29) is 5.75 Å². The molecule has 0 radical (unpaired) electrons. The summed E-state index contributed by atoms with van der Waals surface area (Å²) in [5.74, 6) is 1.10. The molecule has 4 aromatic carbocycles. The number of para-hydroxylation sites is 1. The summed E-state index contributed by atoms with van der Waals surface area (Å²) in [4.78, 5) is 8.37. The van der Waals surface area contributed by atoms with Crippen molar-refractivity contribution in [2.45, 2.75) is 17.9 Å². The highest BCUT2D eigenvalue weighted by atomic mass is 35.5. The highest BCUT2D eigenvalue weighted by molar-refractivity contribution is 8.13. The number of thioether (sulfide) groups is 1. The molecule has 4 nitrogen and oxygen atoms in total. The Morgan fingerprint density at radius 2 is 1.51 bits per heavy atom. The van der Waals surface area contributed by atoms with Gasteiger partial charge in [-0.3, -0.25) is 0 Å². The Morgan fingerprint density at radius 3 is 2.17 bits per heavy atom. The second-order valence-corrected chi connectivity index (χ2v) is 9.45. The fraction of sp³-hybridized carbons (Fsp3) is 0.138. The summed E-state index contributed by atoms with van der Waals surface area (Å²) in [6.45, 7) is 1.42. The van der Waals surface area contributed by atoms with Gasteiger partial charge in [0.25, 0.3) is 0 Å². The van der Waals surface area contributed by atoms with E-state index in [1.807, 2.05) is 78.9 Å². The molecule has 0 aliphatic rings. The largest absolute Gasteiger partial charge is 0.508 e. The summed E-state index contributed by atoms with van der Waals surface area (Å²) in [5, 5.41) is 11.3. The zero-order valence-corrected chi connectivity index (χ0v) is 21.0. The van der Waals surface area contributed by atoms with Crippen molar-refractivity contribution in [2.75, 3.05) is 13.7 Å². The van der Waals surface area contributed by atoms with E-state index < -0.39 is 0 Å². The zero-order valence-electron chi connectivity index (χ0n) is 19.5. The number of amidine groups is 1. The van der Waals surface area contributed by atoms with Crippen molar-refractivity contribution < 1.29 is 9.84 Å². The van der Waals surface area contributed by atoms with Crippen LogP contribution in [-0.2, 0) is 13.0 Å². The van der Waals surface area contributed by atoms with Gasteiger partial charge in [0.15, 0.2) is 5.17 Å². The predicted octanol–water partition coefficient (Wildman–Crippen LogP) is 7.58. The summed E-state index contributed by atoms with van der Waals surface area (Å²) in [6, 6.07) is 33.3. The highest BCUT2D eigenvalue weighted by Gasteiger charge is 2.15. The van der Waals surface area contributed by atoms with Crippen LogP contribution in [-0.4, -0.2) is 28.8 Å². The van der Waals surface area contributed by atoms with E-state index >= 15 is 0 Å². The Morgan fingerprint density at radius 1 is 0.857 bits per heavy atom. The molecule has 0 heterocycles. The molecule has 6 heteroatoms. The van der Waals surface area contributed by atoms with Gasteiger partial charge in [0.1, 0.15) is 11.5 Å². The van der Waals surface area contributed by atoms with Crippen molar-refractivity contribution in [1.82, 2.24) is 4.90 Å². The quantitative estimate of drug-likeness (QED) is 0.153. The van der Waals surface area contributed by atoms with Crippen LogP contribution in [0.5, 0.6) is 11.5 Å². The summed E-state index contributed by atoms with van der Waals surface area (Å²) >= 11 is 7.73. The molecular formula is C29H27ClN2O2S. The van der Waals surface area contributed by atoms with Crippen LogP contribution in [0.15, 0.2) is 113 Å². The van der Waals surface area contributed by atoms with Gasteiger partial charge in [-0.1, -0.05) is 65.8 Å². The van der Waals surface area contributed by atoms with E-state index in [0.717, 1.165) is 40.0 Å². The SMILES string of the molecule is COc1ccc(CCN(Cc2ccc(O)cc2)C(=Nc2ccccc2)Sc2ccc(Cl)cc2)cc1. The van der Waals surface area contributed by atoms with Crippen LogP contribution in [0.2, 0.25) is 5.02 Å². The molecule has 0 aliphatic carbocycles. The highest BCUT2D eigenvalue weighted by Crippen LogP contribution is 2.27. The van der Waals surface area contributed by atoms with Gasteiger partial charge in [0.2, 0.25) is 0 Å². The first-order valence-corrected chi connectivity index (χ1v) is 12.5. The summed E-state index contributed by atoms with van der Waals surface area (Å²) < 4.78 is 5.30. The van der Waals surface area contributed by atoms with Crippen molar-refractivity contribution >= 4 is 34.2 Å². The summed E-state index contributed by atoms with van der Waals surface area (Å²) in [7, 11) is 1.68. The molecule has 0 saturated carbocycles. The molecule has 0 bridgehead atoms.